The molecule has 268 valence electrons. The Morgan fingerprint density at radius 3 is 1.95 bits per heavy atom. The number of fused-ring (bicyclic) bond motifs is 9. The van der Waals surface area contributed by atoms with Gasteiger partial charge in [-0.1, -0.05) is 152 Å². The fourth-order valence-electron chi connectivity index (χ4n) is 9.59. The maximum absolute atomic E-state index is 6.70. The first kappa shape index (κ1) is 31.9. The first-order chi connectivity index (χ1) is 28.3. The predicted molar refractivity (Wildman–Crippen MR) is 238 cm³/mol. The minimum absolute atomic E-state index is 0.111. The molecule has 2 atom stereocenters. The fourth-order valence-corrected chi connectivity index (χ4v) is 9.59. The zero-order valence-electron chi connectivity index (χ0n) is 31.1. The van der Waals surface area contributed by atoms with Crippen LogP contribution in [0.4, 0.5) is 11.4 Å². The molecule has 0 fully saturated rings. The van der Waals surface area contributed by atoms with Gasteiger partial charge in [-0.25, -0.2) is 0 Å². The molecular weight excluding hydrogens is 693 g/mol. The van der Waals surface area contributed by atoms with E-state index in [2.05, 4.69) is 216 Å². The molecule has 0 radical (unpaired) electrons. The van der Waals surface area contributed by atoms with Crippen LogP contribution in [0.1, 0.15) is 11.5 Å². The standard InChI is InChI=1S/C54H36N2O/c1-3-15-35(16-4-1)40-19-7-8-20-41(40)38-33-51(54-45-23-11-14-26-52(45)57-53(54)34-38)56-48-25-13-10-22-43(48)46-31-36(28-30-49(46)56)37-27-29-44-42-21-9-12-24-47(42)55(50(44)32-37)39-17-5-2-6-18-39/h1-34,43,48H. The van der Waals surface area contributed by atoms with Crippen molar-refractivity contribution in [3.8, 4) is 39.1 Å². The first-order valence-electron chi connectivity index (χ1n) is 19.8. The van der Waals surface area contributed by atoms with E-state index < -0.39 is 0 Å². The van der Waals surface area contributed by atoms with E-state index in [4.69, 9.17) is 4.42 Å². The summed E-state index contributed by atoms with van der Waals surface area (Å²) in [6.45, 7) is 0. The van der Waals surface area contributed by atoms with Gasteiger partial charge < -0.3 is 13.9 Å². The summed E-state index contributed by atoms with van der Waals surface area (Å²) in [6.07, 6.45) is 9.16. The molecule has 12 rings (SSSR count). The van der Waals surface area contributed by atoms with Gasteiger partial charge in [-0.3, -0.25) is 0 Å². The summed E-state index contributed by atoms with van der Waals surface area (Å²) < 4.78 is 9.10. The highest BCUT2D eigenvalue weighted by atomic mass is 16.3. The van der Waals surface area contributed by atoms with Crippen LogP contribution in [0.5, 0.6) is 0 Å². The van der Waals surface area contributed by atoms with Crippen LogP contribution in [0.2, 0.25) is 0 Å². The highest BCUT2D eigenvalue weighted by molar-refractivity contribution is 6.15. The number of benzene rings is 8. The minimum atomic E-state index is 0.111. The molecule has 57 heavy (non-hydrogen) atoms. The van der Waals surface area contributed by atoms with E-state index in [0.717, 1.165) is 33.2 Å². The Balaban J connectivity index is 1.05. The number of rotatable bonds is 5. The number of hydrogen-bond donors (Lipinski definition) is 0. The monoisotopic (exact) mass is 728 g/mol. The van der Waals surface area contributed by atoms with E-state index in [1.165, 1.54) is 66.6 Å². The van der Waals surface area contributed by atoms with Crippen LogP contribution in [0.15, 0.2) is 211 Å². The van der Waals surface area contributed by atoms with Gasteiger partial charge in [0, 0.05) is 33.5 Å². The highest BCUT2D eigenvalue weighted by Gasteiger charge is 2.39. The van der Waals surface area contributed by atoms with Gasteiger partial charge in [0.1, 0.15) is 11.2 Å². The van der Waals surface area contributed by atoms with Crippen LogP contribution < -0.4 is 4.90 Å². The second-order valence-corrected chi connectivity index (χ2v) is 15.2. The number of aromatic nitrogens is 1. The van der Waals surface area contributed by atoms with Gasteiger partial charge in [0.2, 0.25) is 0 Å². The molecule has 0 spiro atoms. The van der Waals surface area contributed by atoms with E-state index in [0.29, 0.717) is 0 Å². The van der Waals surface area contributed by atoms with Crippen LogP contribution in [-0.2, 0) is 0 Å². The maximum Gasteiger partial charge on any atom is 0.138 e. The van der Waals surface area contributed by atoms with Gasteiger partial charge in [-0.15, -0.1) is 0 Å². The van der Waals surface area contributed by atoms with Crippen molar-refractivity contribution in [2.24, 2.45) is 0 Å². The molecule has 0 saturated carbocycles. The van der Waals surface area contributed by atoms with Gasteiger partial charge in [0.15, 0.2) is 0 Å². The van der Waals surface area contributed by atoms with Crippen LogP contribution in [0, 0.1) is 0 Å². The molecule has 10 aromatic rings. The van der Waals surface area contributed by atoms with Crippen LogP contribution in [-0.4, -0.2) is 10.6 Å². The second-order valence-electron chi connectivity index (χ2n) is 15.2. The zero-order valence-corrected chi connectivity index (χ0v) is 31.1. The number of hydrogen-bond acceptors (Lipinski definition) is 2. The Morgan fingerprint density at radius 2 is 1.09 bits per heavy atom. The predicted octanol–water partition coefficient (Wildman–Crippen LogP) is 14.4. The summed E-state index contributed by atoms with van der Waals surface area (Å²) in [4.78, 5) is 2.57. The number of allylic oxidation sites excluding steroid dienone is 2. The lowest BCUT2D eigenvalue weighted by molar-refractivity contribution is 0.669. The number of para-hydroxylation sites is 3. The van der Waals surface area contributed by atoms with Crippen molar-refractivity contribution in [3.05, 3.63) is 212 Å². The molecule has 1 aliphatic heterocycles. The highest BCUT2D eigenvalue weighted by Crippen LogP contribution is 2.53. The summed E-state index contributed by atoms with van der Waals surface area (Å²) in [5, 5.41) is 4.80. The lowest BCUT2D eigenvalue weighted by Crippen LogP contribution is -2.28. The molecule has 0 bridgehead atoms. The van der Waals surface area contributed by atoms with Gasteiger partial charge >= 0.3 is 0 Å². The Kier molecular flexibility index (Phi) is 7.05. The van der Waals surface area contributed by atoms with Crippen molar-refractivity contribution in [1.82, 2.24) is 4.57 Å². The molecule has 8 aromatic carbocycles. The van der Waals surface area contributed by atoms with Gasteiger partial charge in [-0.2, -0.15) is 0 Å². The van der Waals surface area contributed by atoms with Crippen molar-refractivity contribution in [2.75, 3.05) is 4.90 Å². The molecule has 0 N–H and O–H groups in total. The van der Waals surface area contributed by atoms with E-state index in [9.17, 15) is 0 Å². The third-order valence-electron chi connectivity index (χ3n) is 12.1. The topological polar surface area (TPSA) is 21.3 Å². The molecule has 3 nitrogen and oxygen atoms in total. The normalized spacial score (nSPS) is 15.9. The van der Waals surface area contributed by atoms with E-state index in [-0.39, 0.29) is 12.0 Å². The molecule has 2 aliphatic rings. The third-order valence-corrected chi connectivity index (χ3v) is 12.1. The van der Waals surface area contributed by atoms with Crippen LogP contribution in [0.3, 0.4) is 0 Å². The lowest BCUT2D eigenvalue weighted by Gasteiger charge is -2.30. The van der Waals surface area contributed by atoms with E-state index in [1.807, 2.05) is 0 Å². The average Bonchev–Trinajstić information content (AvgIpc) is 3.94. The molecule has 0 saturated heterocycles. The fraction of sp³-hybridized carbons (Fsp3) is 0.0370. The van der Waals surface area contributed by atoms with Crippen molar-refractivity contribution in [3.63, 3.8) is 0 Å². The molecule has 3 heteroatoms. The first-order valence-corrected chi connectivity index (χ1v) is 19.8. The van der Waals surface area contributed by atoms with Gasteiger partial charge in [-0.05, 0) is 93.5 Å². The lowest BCUT2D eigenvalue weighted by atomic mass is 9.89. The second kappa shape index (κ2) is 12.6. The number of anilines is 2. The summed E-state index contributed by atoms with van der Waals surface area (Å²) in [6, 6.07) is 66.1. The van der Waals surface area contributed by atoms with Crippen molar-refractivity contribution < 1.29 is 4.42 Å². The van der Waals surface area contributed by atoms with Crippen molar-refractivity contribution in [2.45, 2.75) is 12.0 Å². The smallest absolute Gasteiger partial charge is 0.138 e. The van der Waals surface area contributed by atoms with E-state index in [1.54, 1.807) is 0 Å². The number of nitrogens with zero attached hydrogens (tertiary/aromatic N) is 2. The summed E-state index contributed by atoms with van der Waals surface area (Å²) in [5.74, 6) is 0.193. The van der Waals surface area contributed by atoms with Crippen LogP contribution in [0.25, 0.3) is 82.8 Å². The molecular formula is C54H36N2O. The summed E-state index contributed by atoms with van der Waals surface area (Å²) in [7, 11) is 0. The molecule has 2 aromatic heterocycles. The summed E-state index contributed by atoms with van der Waals surface area (Å²) in [5.41, 5.74) is 16.2. The minimum Gasteiger partial charge on any atom is -0.456 e. The summed E-state index contributed by atoms with van der Waals surface area (Å²) >= 11 is 0. The Morgan fingerprint density at radius 1 is 0.421 bits per heavy atom. The molecule has 1 aliphatic carbocycles. The van der Waals surface area contributed by atoms with Crippen LogP contribution >= 0.6 is 0 Å². The van der Waals surface area contributed by atoms with Gasteiger partial charge in [0.25, 0.3) is 0 Å². The zero-order chi connectivity index (χ0) is 37.5. The SMILES string of the molecule is C1=CC2c3cc(-c4ccc5c6ccccc6n(-c6ccccc6)c5c4)ccc3N(c3cc(-c4ccccc4-c4ccccc4)cc4oc5ccccc5c34)C2C=C1. The van der Waals surface area contributed by atoms with Gasteiger partial charge in [0.05, 0.1) is 28.1 Å². The average molecular weight is 729 g/mol. The number of furan rings is 1. The molecule has 2 unspecified atom stereocenters. The molecule has 3 heterocycles. The largest absolute Gasteiger partial charge is 0.456 e. The quantitative estimate of drug-likeness (QED) is 0.176. The van der Waals surface area contributed by atoms with Crippen molar-refractivity contribution in [1.29, 1.82) is 0 Å². The van der Waals surface area contributed by atoms with Crippen molar-refractivity contribution >= 4 is 55.1 Å². The van der Waals surface area contributed by atoms with E-state index >= 15 is 0 Å². The molecule has 0 amide bonds. The third kappa shape index (κ3) is 4.92. The Bertz CT molecular complexity index is 3260. The Hall–Kier alpha value is -7.36. The Labute approximate surface area is 330 Å². The maximum atomic E-state index is 6.70.